The van der Waals surface area contributed by atoms with Gasteiger partial charge in [-0.1, -0.05) is 36.4 Å². The van der Waals surface area contributed by atoms with Crippen molar-refractivity contribution in [1.82, 2.24) is 4.90 Å². The van der Waals surface area contributed by atoms with Crippen LogP contribution in [-0.4, -0.2) is 30.9 Å². The molecule has 0 fully saturated rings. The molecule has 0 saturated carbocycles. The molecular formula is C24H22N2O4. The van der Waals surface area contributed by atoms with Gasteiger partial charge < -0.3 is 9.47 Å². The highest BCUT2D eigenvalue weighted by Gasteiger charge is 2.38. The Morgan fingerprint density at radius 2 is 1.67 bits per heavy atom. The largest absolute Gasteiger partial charge is 0.493 e. The van der Waals surface area contributed by atoms with Gasteiger partial charge in [0.25, 0.3) is 11.8 Å². The van der Waals surface area contributed by atoms with Crippen LogP contribution >= 0.6 is 0 Å². The maximum absolute atomic E-state index is 13.3. The van der Waals surface area contributed by atoms with Crippen LogP contribution in [0.25, 0.3) is 6.08 Å². The number of hydrogen-bond donors (Lipinski definition) is 0. The zero-order valence-electron chi connectivity index (χ0n) is 17.3. The number of imide groups is 1. The molecule has 1 heterocycles. The molecule has 6 heteroatoms. The normalized spacial score (nSPS) is 16.5. The van der Waals surface area contributed by atoms with Gasteiger partial charge in [-0.15, -0.1) is 0 Å². The van der Waals surface area contributed by atoms with Gasteiger partial charge in [-0.25, -0.2) is 0 Å². The third kappa shape index (κ3) is 3.70. The smallest absolute Gasteiger partial charge is 0.272 e. The molecule has 3 rings (SSSR count). The molecule has 1 unspecified atom stereocenters. The first-order chi connectivity index (χ1) is 14.4. The molecule has 0 N–H and O–H groups in total. The van der Waals surface area contributed by atoms with E-state index in [1.165, 1.54) is 7.11 Å². The summed E-state index contributed by atoms with van der Waals surface area (Å²) in [7, 11) is 3.07. The first-order valence-corrected chi connectivity index (χ1v) is 9.40. The Balaban J connectivity index is 2.11. The zero-order chi connectivity index (χ0) is 21.8. The van der Waals surface area contributed by atoms with E-state index >= 15 is 0 Å². The van der Waals surface area contributed by atoms with E-state index in [2.05, 4.69) is 0 Å². The lowest BCUT2D eigenvalue weighted by Crippen LogP contribution is -2.44. The topological polar surface area (TPSA) is 79.6 Å². The fraction of sp³-hybridized carbons (Fsp3) is 0.208. The summed E-state index contributed by atoms with van der Waals surface area (Å²) in [6, 6.07) is 15.9. The Labute approximate surface area is 175 Å². The van der Waals surface area contributed by atoms with Crippen LogP contribution in [-0.2, 0) is 9.59 Å². The lowest BCUT2D eigenvalue weighted by Gasteiger charge is -2.32. The second kappa shape index (κ2) is 8.66. The van der Waals surface area contributed by atoms with E-state index in [1.54, 1.807) is 45.2 Å². The number of carbonyl (C=O) groups is 2. The monoisotopic (exact) mass is 402 g/mol. The van der Waals surface area contributed by atoms with E-state index in [9.17, 15) is 14.9 Å². The van der Waals surface area contributed by atoms with E-state index in [1.807, 2.05) is 36.4 Å². The lowest BCUT2D eigenvalue weighted by molar-refractivity contribution is -0.143. The van der Waals surface area contributed by atoms with Gasteiger partial charge in [-0.05, 0) is 48.8 Å². The molecule has 1 aliphatic heterocycles. The molecule has 30 heavy (non-hydrogen) atoms. The van der Waals surface area contributed by atoms with Crippen molar-refractivity contribution in [3.63, 3.8) is 0 Å². The molecule has 0 saturated heterocycles. The summed E-state index contributed by atoms with van der Waals surface area (Å²) in [5, 5.41) is 9.59. The Hall–Kier alpha value is -3.85. The maximum atomic E-state index is 13.3. The molecule has 6 nitrogen and oxygen atoms in total. The van der Waals surface area contributed by atoms with E-state index in [0.29, 0.717) is 28.2 Å². The van der Waals surface area contributed by atoms with Crippen LogP contribution in [0.2, 0.25) is 0 Å². The van der Waals surface area contributed by atoms with Crippen LogP contribution in [0.4, 0.5) is 0 Å². The number of rotatable bonds is 5. The highest BCUT2D eigenvalue weighted by Crippen LogP contribution is 2.34. The summed E-state index contributed by atoms with van der Waals surface area (Å²) in [6.45, 7) is 3.39. The molecule has 152 valence electrons. The lowest BCUT2D eigenvalue weighted by atomic mass is 9.91. The predicted octanol–water partition coefficient (Wildman–Crippen LogP) is 4.06. The highest BCUT2D eigenvalue weighted by atomic mass is 16.5. The summed E-state index contributed by atoms with van der Waals surface area (Å²) in [4.78, 5) is 27.4. The fourth-order valence-electron chi connectivity index (χ4n) is 3.44. The van der Waals surface area contributed by atoms with Crippen molar-refractivity contribution in [2.45, 2.75) is 19.9 Å². The Bertz CT molecular complexity index is 1090. The molecule has 2 aromatic rings. The predicted molar refractivity (Wildman–Crippen MR) is 113 cm³/mol. The first-order valence-electron chi connectivity index (χ1n) is 9.40. The van der Waals surface area contributed by atoms with Gasteiger partial charge >= 0.3 is 0 Å². The Morgan fingerprint density at radius 1 is 1.00 bits per heavy atom. The molecule has 0 bridgehead atoms. The van der Waals surface area contributed by atoms with Gasteiger partial charge in [-0.3, -0.25) is 14.5 Å². The molecule has 2 aromatic carbocycles. The zero-order valence-corrected chi connectivity index (χ0v) is 17.3. The molecular weight excluding hydrogens is 380 g/mol. The van der Waals surface area contributed by atoms with Gasteiger partial charge in [0.2, 0.25) is 0 Å². The maximum Gasteiger partial charge on any atom is 0.272 e. The van der Waals surface area contributed by atoms with Crippen LogP contribution in [0.1, 0.15) is 31.0 Å². The molecule has 0 radical (unpaired) electrons. The van der Waals surface area contributed by atoms with Crippen molar-refractivity contribution in [2.24, 2.45) is 0 Å². The Kier molecular flexibility index (Phi) is 6.03. The van der Waals surface area contributed by atoms with E-state index < -0.39 is 17.9 Å². The molecule has 0 aromatic heterocycles. The Morgan fingerprint density at radius 3 is 2.27 bits per heavy atom. The van der Waals surface area contributed by atoms with Gasteiger partial charge in [0.15, 0.2) is 11.5 Å². The average Bonchev–Trinajstić information content (AvgIpc) is 2.77. The first kappa shape index (κ1) is 20.9. The minimum atomic E-state index is -0.583. The number of ether oxygens (including phenoxy) is 2. The van der Waals surface area contributed by atoms with E-state index in [0.717, 1.165) is 10.5 Å². The second-order valence-corrected chi connectivity index (χ2v) is 6.85. The fourth-order valence-corrected chi connectivity index (χ4v) is 3.44. The van der Waals surface area contributed by atoms with Crippen LogP contribution < -0.4 is 9.47 Å². The number of carbonyl (C=O) groups excluding carboxylic acids is 2. The van der Waals surface area contributed by atoms with Gasteiger partial charge in [0.1, 0.15) is 11.6 Å². The van der Waals surface area contributed by atoms with Crippen molar-refractivity contribution < 1.29 is 19.1 Å². The summed E-state index contributed by atoms with van der Waals surface area (Å²) in [6.07, 6.45) is 1.66. The van der Waals surface area contributed by atoms with Crippen molar-refractivity contribution in [2.75, 3.05) is 14.2 Å². The average molecular weight is 402 g/mol. The van der Waals surface area contributed by atoms with Crippen LogP contribution in [0, 0.1) is 11.3 Å². The SMILES string of the molecule is COc1ccc(/C=C2/C(=O)N(C(C)c3ccccc3)C(=O)C(C#N)=C2C)cc1OC. The summed E-state index contributed by atoms with van der Waals surface area (Å²) >= 11 is 0. The van der Waals surface area contributed by atoms with Crippen LogP contribution in [0.15, 0.2) is 65.3 Å². The number of methoxy groups -OCH3 is 2. The molecule has 0 aliphatic carbocycles. The van der Waals surface area contributed by atoms with E-state index in [-0.39, 0.29) is 5.57 Å². The second-order valence-electron chi connectivity index (χ2n) is 6.85. The van der Waals surface area contributed by atoms with Crippen LogP contribution in [0.5, 0.6) is 11.5 Å². The number of benzene rings is 2. The van der Waals surface area contributed by atoms with Crippen molar-refractivity contribution in [1.29, 1.82) is 5.26 Å². The van der Waals surface area contributed by atoms with Gasteiger partial charge in [0, 0.05) is 5.57 Å². The third-order valence-corrected chi connectivity index (χ3v) is 5.16. The molecule has 1 aliphatic rings. The number of hydrogen-bond acceptors (Lipinski definition) is 5. The number of nitriles is 1. The van der Waals surface area contributed by atoms with Gasteiger partial charge in [-0.2, -0.15) is 5.26 Å². The van der Waals surface area contributed by atoms with Gasteiger partial charge in [0.05, 0.1) is 20.3 Å². The van der Waals surface area contributed by atoms with Crippen molar-refractivity contribution in [3.05, 3.63) is 76.4 Å². The summed E-state index contributed by atoms with van der Waals surface area (Å²) in [5.74, 6) is 0.0559. The van der Waals surface area contributed by atoms with E-state index in [4.69, 9.17) is 9.47 Å². The molecule has 1 atom stereocenters. The standard InChI is InChI=1S/C24H22N2O4/c1-15-19(12-17-10-11-21(29-3)22(13-17)30-4)23(27)26(24(28)20(15)14-25)16(2)18-8-6-5-7-9-18/h5-13,16H,1-4H3/b19-12+. The third-order valence-electron chi connectivity index (χ3n) is 5.16. The van der Waals surface area contributed by atoms with Crippen molar-refractivity contribution in [3.8, 4) is 17.6 Å². The quantitative estimate of drug-likeness (QED) is 0.557. The number of amides is 2. The molecule has 0 spiro atoms. The minimum absolute atomic E-state index is 0.0379. The molecule has 2 amide bonds. The van der Waals surface area contributed by atoms with Crippen molar-refractivity contribution >= 4 is 17.9 Å². The summed E-state index contributed by atoms with van der Waals surface area (Å²) in [5.41, 5.74) is 2.11. The summed E-state index contributed by atoms with van der Waals surface area (Å²) < 4.78 is 10.6. The number of nitrogens with zero attached hydrogens (tertiary/aromatic N) is 2. The van der Waals surface area contributed by atoms with Crippen LogP contribution in [0.3, 0.4) is 0 Å². The highest BCUT2D eigenvalue weighted by molar-refractivity contribution is 6.19. The minimum Gasteiger partial charge on any atom is -0.493 e.